The Morgan fingerprint density at radius 3 is 2.47 bits per heavy atom. The summed E-state index contributed by atoms with van der Waals surface area (Å²) in [6.45, 7) is 0. The van der Waals surface area contributed by atoms with Gasteiger partial charge in [0, 0.05) is 30.1 Å². The third kappa shape index (κ3) is 4.12. The van der Waals surface area contributed by atoms with E-state index < -0.39 is 26.1 Å². The van der Waals surface area contributed by atoms with Crippen LogP contribution < -0.4 is 4.72 Å². The van der Waals surface area contributed by atoms with Crippen LogP contribution in [-0.4, -0.2) is 49.4 Å². The molecule has 0 amide bonds. The largest absolute Gasteiger partial charge is 0.284 e. The van der Waals surface area contributed by atoms with Crippen LogP contribution in [0.2, 0.25) is 0 Å². The average molecular weight is 446 g/mol. The molecule has 0 bridgehead atoms. The van der Waals surface area contributed by atoms with Gasteiger partial charge < -0.3 is 0 Å². The number of nitrogens with one attached hydrogen (secondary N) is 1. The molecule has 0 aliphatic carbocycles. The Morgan fingerprint density at radius 2 is 1.73 bits per heavy atom. The summed E-state index contributed by atoms with van der Waals surface area (Å²) in [5, 5.41) is 4.37. The van der Waals surface area contributed by atoms with Crippen molar-refractivity contribution in [3.05, 3.63) is 66.0 Å². The van der Waals surface area contributed by atoms with E-state index in [1.807, 2.05) is 12.1 Å². The fourth-order valence-electron chi connectivity index (χ4n) is 3.46. The molecule has 1 atom stereocenters. The standard InChI is InChI=1S/C19H19N5O4S2/c1-29(25,26)23-14-6-3-5-13(11-14)17-12-18(24(22-17)30(2,27)28)15-7-4-8-16-19(15)21-10-9-20-16/h3-11,18,23H,12H2,1-2H3. The maximum absolute atomic E-state index is 12.5. The molecule has 4 rings (SSSR count). The molecule has 30 heavy (non-hydrogen) atoms. The van der Waals surface area contributed by atoms with Crippen molar-refractivity contribution in [2.24, 2.45) is 5.10 Å². The summed E-state index contributed by atoms with van der Waals surface area (Å²) in [7, 11) is -7.10. The molecule has 1 N–H and O–H groups in total. The summed E-state index contributed by atoms with van der Waals surface area (Å²) < 4.78 is 51.5. The number of hydrogen-bond acceptors (Lipinski definition) is 7. The summed E-state index contributed by atoms with van der Waals surface area (Å²) in [4.78, 5) is 8.67. The van der Waals surface area contributed by atoms with Crippen LogP contribution in [0.1, 0.15) is 23.6 Å². The molecule has 2 aromatic carbocycles. The number of anilines is 1. The van der Waals surface area contributed by atoms with E-state index in [0.29, 0.717) is 40.0 Å². The molecule has 156 valence electrons. The van der Waals surface area contributed by atoms with Crippen LogP contribution in [0, 0.1) is 0 Å². The van der Waals surface area contributed by atoms with Gasteiger partial charge in [0.25, 0.3) is 0 Å². The maximum Gasteiger partial charge on any atom is 0.247 e. The predicted octanol–water partition coefficient (Wildman–Crippen LogP) is 2.11. The van der Waals surface area contributed by atoms with Gasteiger partial charge in [0.2, 0.25) is 20.0 Å². The van der Waals surface area contributed by atoms with E-state index in [1.54, 1.807) is 42.7 Å². The molecule has 0 spiro atoms. The molecule has 0 saturated heterocycles. The van der Waals surface area contributed by atoms with E-state index in [4.69, 9.17) is 0 Å². The van der Waals surface area contributed by atoms with Gasteiger partial charge in [-0.15, -0.1) is 0 Å². The van der Waals surface area contributed by atoms with E-state index in [-0.39, 0.29) is 0 Å². The van der Waals surface area contributed by atoms with Crippen molar-refractivity contribution in [3.63, 3.8) is 0 Å². The second-order valence-electron chi connectivity index (χ2n) is 7.03. The van der Waals surface area contributed by atoms with Crippen molar-refractivity contribution in [1.82, 2.24) is 14.4 Å². The van der Waals surface area contributed by atoms with E-state index in [2.05, 4.69) is 19.8 Å². The molecule has 1 unspecified atom stereocenters. The van der Waals surface area contributed by atoms with Crippen LogP contribution in [0.15, 0.2) is 60.0 Å². The Labute approximate surface area is 174 Å². The van der Waals surface area contributed by atoms with E-state index >= 15 is 0 Å². The topological polar surface area (TPSA) is 122 Å². The zero-order chi connectivity index (χ0) is 21.5. The Morgan fingerprint density at radius 1 is 1.00 bits per heavy atom. The smallest absolute Gasteiger partial charge is 0.247 e. The van der Waals surface area contributed by atoms with Crippen LogP contribution in [0.4, 0.5) is 5.69 Å². The summed E-state index contributed by atoms with van der Waals surface area (Å²) in [6, 6.07) is 11.6. The summed E-state index contributed by atoms with van der Waals surface area (Å²) in [6.07, 6.45) is 5.62. The number of rotatable bonds is 5. The molecule has 9 nitrogen and oxygen atoms in total. The van der Waals surface area contributed by atoms with Crippen molar-refractivity contribution in [2.75, 3.05) is 17.2 Å². The van der Waals surface area contributed by atoms with Crippen molar-refractivity contribution >= 4 is 42.5 Å². The zero-order valence-electron chi connectivity index (χ0n) is 16.2. The Hall–Kier alpha value is -3.05. The van der Waals surface area contributed by atoms with Crippen LogP contribution in [0.5, 0.6) is 0 Å². The highest BCUT2D eigenvalue weighted by Gasteiger charge is 2.35. The quantitative estimate of drug-likeness (QED) is 0.642. The first-order valence-corrected chi connectivity index (χ1v) is 12.7. The number of hydrogen-bond donors (Lipinski definition) is 1. The van der Waals surface area contributed by atoms with Gasteiger partial charge in [0.1, 0.15) is 0 Å². The summed E-state index contributed by atoms with van der Waals surface area (Å²) in [5.74, 6) is 0. The number of sulfonamides is 2. The molecule has 0 saturated carbocycles. The number of aromatic nitrogens is 2. The van der Waals surface area contributed by atoms with Crippen molar-refractivity contribution in [1.29, 1.82) is 0 Å². The van der Waals surface area contributed by atoms with Crippen LogP contribution in [-0.2, 0) is 20.0 Å². The van der Waals surface area contributed by atoms with E-state index in [9.17, 15) is 16.8 Å². The first-order valence-electron chi connectivity index (χ1n) is 8.96. The predicted molar refractivity (Wildman–Crippen MR) is 115 cm³/mol. The van der Waals surface area contributed by atoms with Gasteiger partial charge in [-0.25, -0.2) is 16.8 Å². The van der Waals surface area contributed by atoms with Crippen LogP contribution >= 0.6 is 0 Å². The number of fused-ring (bicyclic) bond motifs is 1. The van der Waals surface area contributed by atoms with Gasteiger partial charge in [0.15, 0.2) is 0 Å². The average Bonchev–Trinajstić information content (AvgIpc) is 3.12. The fourth-order valence-corrected chi connectivity index (χ4v) is 4.91. The minimum atomic E-state index is -3.66. The molecule has 0 radical (unpaired) electrons. The van der Waals surface area contributed by atoms with Crippen molar-refractivity contribution in [2.45, 2.75) is 12.5 Å². The highest BCUT2D eigenvalue weighted by atomic mass is 32.2. The number of benzene rings is 2. The third-order valence-corrected chi connectivity index (χ3v) is 6.22. The van der Waals surface area contributed by atoms with Gasteiger partial charge in [-0.2, -0.15) is 9.52 Å². The molecule has 1 aliphatic heterocycles. The van der Waals surface area contributed by atoms with Crippen LogP contribution in [0.25, 0.3) is 11.0 Å². The second-order valence-corrected chi connectivity index (χ2v) is 10.6. The first kappa shape index (κ1) is 20.2. The highest BCUT2D eigenvalue weighted by Crippen LogP contribution is 2.37. The zero-order valence-corrected chi connectivity index (χ0v) is 17.9. The number of nitrogens with zero attached hydrogens (tertiary/aromatic N) is 4. The fraction of sp³-hybridized carbons (Fsp3) is 0.211. The Bertz CT molecular complexity index is 1370. The normalized spacial score (nSPS) is 17.2. The lowest BCUT2D eigenvalue weighted by Crippen LogP contribution is -2.26. The van der Waals surface area contributed by atoms with Gasteiger partial charge >= 0.3 is 0 Å². The molecule has 0 fully saturated rings. The van der Waals surface area contributed by atoms with Gasteiger partial charge in [0.05, 0.1) is 35.3 Å². The molecular weight excluding hydrogens is 426 g/mol. The van der Waals surface area contributed by atoms with E-state index in [1.165, 1.54) is 0 Å². The lowest BCUT2D eigenvalue weighted by atomic mass is 9.98. The maximum atomic E-state index is 12.5. The molecule has 11 heteroatoms. The molecule has 3 aromatic rings. The molecule has 1 aliphatic rings. The summed E-state index contributed by atoms with van der Waals surface area (Å²) in [5.41, 5.74) is 3.52. The molecular formula is C19H19N5O4S2. The first-order chi connectivity index (χ1) is 14.1. The molecule has 1 aromatic heterocycles. The lowest BCUT2D eigenvalue weighted by molar-refractivity contribution is 0.376. The van der Waals surface area contributed by atoms with Gasteiger partial charge in [-0.1, -0.05) is 24.3 Å². The number of para-hydroxylation sites is 1. The monoisotopic (exact) mass is 445 g/mol. The Kier molecular flexibility index (Phi) is 4.94. The second kappa shape index (κ2) is 7.33. The van der Waals surface area contributed by atoms with Gasteiger partial charge in [-0.3, -0.25) is 14.7 Å². The minimum absolute atomic E-state index is 0.311. The van der Waals surface area contributed by atoms with Gasteiger partial charge in [-0.05, 0) is 23.8 Å². The van der Waals surface area contributed by atoms with Crippen molar-refractivity contribution in [3.8, 4) is 0 Å². The van der Waals surface area contributed by atoms with E-state index in [0.717, 1.165) is 16.9 Å². The molecule has 2 heterocycles. The van der Waals surface area contributed by atoms with Crippen molar-refractivity contribution < 1.29 is 16.8 Å². The number of hydrazone groups is 1. The lowest BCUT2D eigenvalue weighted by Gasteiger charge is -2.22. The minimum Gasteiger partial charge on any atom is -0.284 e. The highest BCUT2D eigenvalue weighted by molar-refractivity contribution is 7.92. The van der Waals surface area contributed by atoms with Crippen LogP contribution in [0.3, 0.4) is 0 Å². The third-order valence-electron chi connectivity index (χ3n) is 4.60. The summed E-state index contributed by atoms with van der Waals surface area (Å²) >= 11 is 0. The SMILES string of the molecule is CS(=O)(=O)Nc1cccc(C2=NN(S(C)(=O)=O)C(c3cccc4nccnc34)C2)c1. The Balaban J connectivity index is 1.77.